The lowest BCUT2D eigenvalue weighted by molar-refractivity contribution is -0.136. The van der Waals surface area contributed by atoms with E-state index >= 15 is 0 Å². The van der Waals surface area contributed by atoms with Gasteiger partial charge in [0.1, 0.15) is 11.8 Å². The number of Topliss-reactive ketones (excluding diaryl/α,β-unsaturated/α-hetero) is 1. The minimum Gasteiger partial charge on any atom is -0.505 e. The molecule has 1 unspecified atom stereocenters. The molecule has 39 heavy (non-hydrogen) atoms. The molecule has 1 fully saturated rings. The Balaban J connectivity index is 1.99. The highest BCUT2D eigenvalue weighted by Gasteiger charge is 2.38. The Bertz CT molecular complexity index is 1170. The number of aliphatic hydroxyl groups is 1. The third kappa shape index (κ3) is 7.82. The first-order chi connectivity index (χ1) is 18.5. The summed E-state index contributed by atoms with van der Waals surface area (Å²) in [6.07, 6.45) is 3.67. The fourth-order valence-corrected chi connectivity index (χ4v) is 4.68. The summed E-state index contributed by atoms with van der Waals surface area (Å²) in [6.45, 7) is 7.04. The third-order valence-electron chi connectivity index (χ3n) is 6.92. The van der Waals surface area contributed by atoms with Crippen LogP contribution in [0, 0.1) is 17.8 Å². The third-order valence-corrected chi connectivity index (χ3v) is 6.92. The first-order valence-corrected chi connectivity index (χ1v) is 13.1. The molecule has 11 heteroatoms. The number of aromatic nitrogens is 2. The zero-order valence-electron chi connectivity index (χ0n) is 22.6. The van der Waals surface area contributed by atoms with Gasteiger partial charge in [0.2, 0.25) is 11.8 Å². The zero-order valence-corrected chi connectivity index (χ0v) is 22.6. The number of rotatable bonds is 6. The van der Waals surface area contributed by atoms with Gasteiger partial charge in [0.05, 0.1) is 24.1 Å². The van der Waals surface area contributed by atoms with Crippen molar-refractivity contribution in [1.82, 2.24) is 25.9 Å². The summed E-state index contributed by atoms with van der Waals surface area (Å²) in [5.74, 6) is -4.11. The lowest BCUT2D eigenvalue weighted by Gasteiger charge is -2.33. The molecule has 3 rings (SSSR count). The van der Waals surface area contributed by atoms with E-state index in [9.17, 15) is 29.4 Å². The van der Waals surface area contributed by atoms with Crippen LogP contribution in [0.2, 0.25) is 0 Å². The lowest BCUT2D eigenvalue weighted by atomic mass is 9.87. The van der Waals surface area contributed by atoms with Gasteiger partial charge >= 0.3 is 0 Å². The number of hydrogen-bond donors (Lipinski definition) is 5. The van der Waals surface area contributed by atoms with Crippen molar-refractivity contribution in [3.8, 4) is 5.75 Å². The Morgan fingerprint density at radius 3 is 2.46 bits per heavy atom. The molecule has 0 spiro atoms. The van der Waals surface area contributed by atoms with Gasteiger partial charge in [-0.3, -0.25) is 24.2 Å². The number of hydrogen-bond acceptors (Lipinski definition) is 8. The highest BCUT2D eigenvalue weighted by Crippen LogP contribution is 2.20. The fourth-order valence-electron chi connectivity index (χ4n) is 4.68. The molecule has 2 aromatic rings. The topological polar surface area (TPSA) is 171 Å². The smallest absolute Gasteiger partial charge is 0.274 e. The summed E-state index contributed by atoms with van der Waals surface area (Å²) in [7, 11) is 0. The minimum absolute atomic E-state index is 0.0898. The van der Waals surface area contributed by atoms with Crippen LogP contribution in [0.25, 0.3) is 0 Å². The maximum absolute atomic E-state index is 13.6. The Labute approximate surface area is 227 Å². The number of aliphatic hydroxyl groups excluding tert-OH is 1. The molecule has 0 radical (unpaired) electrons. The lowest BCUT2D eigenvalue weighted by Crippen LogP contribution is -2.59. The van der Waals surface area contributed by atoms with Crippen molar-refractivity contribution < 1.29 is 29.4 Å². The molecule has 210 valence electrons. The Kier molecular flexibility index (Phi) is 10.1. The summed E-state index contributed by atoms with van der Waals surface area (Å²) in [5.41, 5.74) is 0.460. The van der Waals surface area contributed by atoms with E-state index in [1.54, 1.807) is 31.5 Å². The van der Waals surface area contributed by atoms with Crippen LogP contribution in [0.1, 0.15) is 56.6 Å². The molecule has 5 N–H and O–H groups in total. The monoisotopic (exact) mass is 539 g/mol. The van der Waals surface area contributed by atoms with Gasteiger partial charge in [-0.1, -0.05) is 33.8 Å². The van der Waals surface area contributed by atoms with Gasteiger partial charge in [-0.2, -0.15) is 0 Å². The number of aromatic hydroxyl groups is 1. The average Bonchev–Trinajstić information content (AvgIpc) is 2.89. The quantitative estimate of drug-likeness (QED) is 0.364. The van der Waals surface area contributed by atoms with Gasteiger partial charge in [0.15, 0.2) is 11.5 Å². The molecule has 1 aliphatic rings. The number of amides is 3. The molecule has 2 aromatic heterocycles. The molecule has 0 saturated carbocycles. The number of carbonyl (C=O) groups excluding carboxylic acids is 4. The van der Waals surface area contributed by atoms with E-state index in [-0.39, 0.29) is 36.0 Å². The number of nitrogens with one attached hydrogen (secondary N) is 3. The van der Waals surface area contributed by atoms with Gasteiger partial charge in [-0.15, -0.1) is 0 Å². The number of nitrogens with zero attached hydrogens (tertiary/aromatic N) is 2. The van der Waals surface area contributed by atoms with Gasteiger partial charge in [-0.05, 0) is 48.4 Å². The van der Waals surface area contributed by atoms with Crippen molar-refractivity contribution in [2.45, 2.75) is 71.2 Å². The van der Waals surface area contributed by atoms with Crippen LogP contribution < -0.4 is 16.0 Å². The molecular formula is C28H37N5O6. The van der Waals surface area contributed by atoms with E-state index in [4.69, 9.17) is 0 Å². The molecule has 1 aliphatic heterocycles. The van der Waals surface area contributed by atoms with E-state index in [1.165, 1.54) is 25.3 Å². The molecule has 1 saturated heterocycles. The van der Waals surface area contributed by atoms with Crippen LogP contribution in [0.3, 0.4) is 0 Å². The molecule has 0 bridgehead atoms. The van der Waals surface area contributed by atoms with Gasteiger partial charge < -0.3 is 26.2 Å². The van der Waals surface area contributed by atoms with Crippen LogP contribution >= 0.6 is 0 Å². The fraction of sp³-hybridized carbons (Fsp3) is 0.500. The molecule has 6 atom stereocenters. The Morgan fingerprint density at radius 2 is 1.82 bits per heavy atom. The predicted octanol–water partition coefficient (Wildman–Crippen LogP) is 1.14. The Hall–Kier alpha value is -3.86. The summed E-state index contributed by atoms with van der Waals surface area (Å²) in [6, 6.07) is 3.36. The van der Waals surface area contributed by atoms with E-state index in [2.05, 4.69) is 25.9 Å². The standard InChI is InChI=1S/C28H37N5O6/c1-15(2)11-19-22(35)12-16(3)23(33-28(39)24-21(34)8-6-10-30-24)27(38)32-20(13-18-7-5-9-29-14-18)25(36)17(4)26(37)31-19/h5-10,14-17,19-20,23,25,34,36H,11-13H2,1-4H3,(H,31,37)(H,32,38)(H,33,39)/t16-,17+,19?,20-,23-,25-/m0/s1. The van der Waals surface area contributed by atoms with E-state index in [0.717, 1.165) is 5.56 Å². The van der Waals surface area contributed by atoms with Crippen molar-refractivity contribution >= 4 is 23.5 Å². The number of pyridine rings is 2. The van der Waals surface area contributed by atoms with Crippen LogP contribution in [0.4, 0.5) is 0 Å². The Morgan fingerprint density at radius 1 is 1.10 bits per heavy atom. The molecular weight excluding hydrogens is 502 g/mol. The largest absolute Gasteiger partial charge is 0.505 e. The number of ketones is 1. The van der Waals surface area contributed by atoms with E-state index in [1.807, 2.05) is 13.8 Å². The van der Waals surface area contributed by atoms with Crippen molar-refractivity contribution in [3.05, 3.63) is 54.1 Å². The highest BCUT2D eigenvalue weighted by atomic mass is 16.3. The van der Waals surface area contributed by atoms with Gasteiger partial charge in [0.25, 0.3) is 5.91 Å². The maximum atomic E-state index is 13.6. The van der Waals surface area contributed by atoms with Gasteiger partial charge in [-0.25, -0.2) is 4.98 Å². The van der Waals surface area contributed by atoms with Crippen LogP contribution in [0.15, 0.2) is 42.9 Å². The van der Waals surface area contributed by atoms with E-state index in [0.29, 0.717) is 6.42 Å². The molecule has 11 nitrogen and oxygen atoms in total. The van der Waals surface area contributed by atoms with Crippen molar-refractivity contribution in [2.75, 3.05) is 0 Å². The van der Waals surface area contributed by atoms with Gasteiger partial charge in [0, 0.05) is 25.0 Å². The summed E-state index contributed by atoms with van der Waals surface area (Å²) >= 11 is 0. The van der Waals surface area contributed by atoms with Crippen molar-refractivity contribution in [1.29, 1.82) is 0 Å². The molecule has 3 amide bonds. The van der Waals surface area contributed by atoms with Crippen LogP contribution in [-0.4, -0.2) is 67.9 Å². The minimum atomic E-state index is -1.31. The first-order valence-electron chi connectivity index (χ1n) is 13.1. The number of carbonyl (C=O) groups is 4. The van der Waals surface area contributed by atoms with Crippen LogP contribution in [-0.2, 0) is 20.8 Å². The molecule has 0 aromatic carbocycles. The second-order valence-electron chi connectivity index (χ2n) is 10.6. The summed E-state index contributed by atoms with van der Waals surface area (Å²) in [4.78, 5) is 61.0. The van der Waals surface area contributed by atoms with Crippen molar-refractivity contribution in [3.63, 3.8) is 0 Å². The normalized spacial score (nSPS) is 26.7. The molecule has 0 aliphatic carbocycles. The first kappa shape index (κ1) is 29.7. The average molecular weight is 540 g/mol. The molecule has 3 heterocycles. The second-order valence-corrected chi connectivity index (χ2v) is 10.6. The second kappa shape index (κ2) is 13.3. The predicted molar refractivity (Wildman–Crippen MR) is 142 cm³/mol. The van der Waals surface area contributed by atoms with E-state index < -0.39 is 53.8 Å². The summed E-state index contributed by atoms with van der Waals surface area (Å²) in [5, 5.41) is 29.5. The SMILES string of the molecule is CC(C)CC1NC(=O)[C@H](C)[C@H](O)[C@H](Cc2cccnc2)NC(=O)[C@@H](NC(=O)c2ncccc2O)[C@@H](C)CC1=O. The van der Waals surface area contributed by atoms with Crippen molar-refractivity contribution in [2.24, 2.45) is 17.8 Å². The van der Waals surface area contributed by atoms with Crippen LogP contribution in [0.5, 0.6) is 5.75 Å². The zero-order chi connectivity index (χ0) is 28.7. The maximum Gasteiger partial charge on any atom is 0.274 e. The summed E-state index contributed by atoms with van der Waals surface area (Å²) < 4.78 is 0. The highest BCUT2D eigenvalue weighted by molar-refractivity contribution is 5.98.